The quantitative estimate of drug-likeness (QED) is 0.635. The molecule has 0 aromatic carbocycles. The van der Waals surface area contributed by atoms with Crippen LogP contribution in [0.4, 0.5) is 0 Å². The molecule has 1 fully saturated rings. The second kappa shape index (κ2) is 6.46. The number of hydrogen-bond donors (Lipinski definition) is 2. The summed E-state index contributed by atoms with van der Waals surface area (Å²) < 4.78 is 0. The van der Waals surface area contributed by atoms with Gasteiger partial charge in [0.15, 0.2) is 0 Å². The normalized spacial score (nSPS) is 26.1. The van der Waals surface area contributed by atoms with Crippen molar-refractivity contribution >= 4 is 5.91 Å². The molecule has 2 N–H and O–H groups in total. The minimum atomic E-state index is -0.104. The number of amides is 1. The van der Waals surface area contributed by atoms with Crippen LogP contribution in [-0.4, -0.2) is 50.1 Å². The molecule has 1 aliphatic rings. The maximum absolute atomic E-state index is 11.3. The number of nitriles is 1. The molecule has 5 nitrogen and oxygen atoms in total. The molecule has 1 amide bonds. The van der Waals surface area contributed by atoms with Crippen molar-refractivity contribution in [1.29, 1.82) is 5.26 Å². The first-order valence-electron chi connectivity index (χ1n) is 5.69. The van der Waals surface area contributed by atoms with Crippen LogP contribution in [0.1, 0.15) is 13.3 Å². The van der Waals surface area contributed by atoms with Gasteiger partial charge in [0.25, 0.3) is 0 Å². The fraction of sp³-hybridized carbons (Fsp3) is 0.818. The molecule has 0 saturated carbocycles. The summed E-state index contributed by atoms with van der Waals surface area (Å²) in [5.41, 5.74) is 0. The average Bonchev–Trinajstić information content (AvgIpc) is 2.25. The van der Waals surface area contributed by atoms with E-state index in [0.29, 0.717) is 18.5 Å². The van der Waals surface area contributed by atoms with E-state index < -0.39 is 0 Å². The minimum absolute atomic E-state index is 0.0868. The molecule has 2 atom stereocenters. The third-order valence-corrected chi connectivity index (χ3v) is 3.00. The summed E-state index contributed by atoms with van der Waals surface area (Å²) in [4.78, 5) is 13.6. The Bertz CT molecular complexity index is 274. The molecule has 0 bridgehead atoms. The zero-order valence-electron chi connectivity index (χ0n) is 9.99. The van der Waals surface area contributed by atoms with Crippen molar-refractivity contribution in [1.82, 2.24) is 15.5 Å². The number of hydrogen-bond acceptors (Lipinski definition) is 4. The molecule has 1 heterocycles. The van der Waals surface area contributed by atoms with E-state index in [1.807, 2.05) is 6.07 Å². The highest BCUT2D eigenvalue weighted by Gasteiger charge is 2.23. The van der Waals surface area contributed by atoms with E-state index in [1.54, 1.807) is 0 Å². The lowest BCUT2D eigenvalue weighted by atomic mass is 9.94. The number of carbonyl (C=O) groups is 1. The van der Waals surface area contributed by atoms with Crippen LogP contribution in [0.15, 0.2) is 0 Å². The Balaban J connectivity index is 2.22. The molecule has 90 valence electrons. The summed E-state index contributed by atoms with van der Waals surface area (Å²) in [7, 11) is 2.12. The van der Waals surface area contributed by atoms with Crippen LogP contribution >= 0.6 is 0 Å². The highest BCUT2D eigenvalue weighted by atomic mass is 16.1. The third kappa shape index (κ3) is 4.17. The van der Waals surface area contributed by atoms with Crippen molar-refractivity contribution in [3.8, 4) is 6.07 Å². The zero-order chi connectivity index (χ0) is 12.0. The summed E-state index contributed by atoms with van der Waals surface area (Å²) in [6.07, 6.45) is 1.07. The van der Waals surface area contributed by atoms with E-state index in [1.165, 1.54) is 0 Å². The van der Waals surface area contributed by atoms with Gasteiger partial charge in [-0.25, -0.2) is 0 Å². The topological polar surface area (TPSA) is 68.2 Å². The molecule has 1 saturated heterocycles. The Hall–Kier alpha value is -1.12. The number of carbonyl (C=O) groups excluding carboxylic acids is 1. The van der Waals surface area contributed by atoms with Gasteiger partial charge < -0.3 is 15.5 Å². The minimum Gasteiger partial charge on any atom is -0.342 e. The summed E-state index contributed by atoms with van der Waals surface area (Å²) >= 11 is 0. The van der Waals surface area contributed by atoms with Gasteiger partial charge in [0.05, 0.1) is 12.6 Å². The molecule has 1 rings (SSSR count). The van der Waals surface area contributed by atoms with E-state index in [2.05, 4.69) is 29.5 Å². The van der Waals surface area contributed by atoms with Crippen molar-refractivity contribution in [3.05, 3.63) is 0 Å². The van der Waals surface area contributed by atoms with Gasteiger partial charge in [-0.15, -0.1) is 0 Å². The molecular formula is C11H20N4O. The monoisotopic (exact) mass is 224 g/mol. The Morgan fingerprint density at radius 3 is 3.00 bits per heavy atom. The van der Waals surface area contributed by atoms with Gasteiger partial charge in [-0.2, -0.15) is 5.26 Å². The smallest absolute Gasteiger partial charge is 0.234 e. The van der Waals surface area contributed by atoms with Gasteiger partial charge in [0.2, 0.25) is 5.91 Å². The maximum Gasteiger partial charge on any atom is 0.234 e. The number of piperidine rings is 1. The summed E-state index contributed by atoms with van der Waals surface area (Å²) in [5.74, 6) is 0.454. The number of nitrogens with zero attached hydrogens (tertiary/aromatic N) is 2. The van der Waals surface area contributed by atoms with Crippen molar-refractivity contribution in [2.24, 2.45) is 5.92 Å². The van der Waals surface area contributed by atoms with Gasteiger partial charge in [0.1, 0.15) is 6.54 Å². The van der Waals surface area contributed by atoms with Crippen molar-refractivity contribution in [2.75, 3.05) is 33.2 Å². The van der Waals surface area contributed by atoms with Crippen LogP contribution in [0.3, 0.4) is 0 Å². The predicted octanol–water partition coefficient (Wildman–Crippen LogP) is -0.444. The molecule has 0 radical (unpaired) electrons. The van der Waals surface area contributed by atoms with Crippen molar-refractivity contribution in [3.63, 3.8) is 0 Å². The zero-order valence-corrected chi connectivity index (χ0v) is 9.99. The number of rotatable bonds is 4. The van der Waals surface area contributed by atoms with E-state index in [9.17, 15) is 4.79 Å². The Labute approximate surface area is 96.8 Å². The lowest BCUT2D eigenvalue weighted by Gasteiger charge is -2.35. The van der Waals surface area contributed by atoms with E-state index in [4.69, 9.17) is 5.26 Å². The van der Waals surface area contributed by atoms with Gasteiger partial charge in [0, 0.05) is 12.6 Å². The fourth-order valence-corrected chi connectivity index (χ4v) is 2.08. The Morgan fingerprint density at radius 2 is 2.38 bits per heavy atom. The second-order valence-corrected chi connectivity index (χ2v) is 4.45. The van der Waals surface area contributed by atoms with E-state index >= 15 is 0 Å². The first-order chi connectivity index (χ1) is 7.63. The largest absolute Gasteiger partial charge is 0.342 e. The summed E-state index contributed by atoms with van der Waals surface area (Å²) in [5, 5.41) is 14.1. The first-order valence-corrected chi connectivity index (χ1v) is 5.69. The highest BCUT2D eigenvalue weighted by molar-refractivity contribution is 5.78. The third-order valence-electron chi connectivity index (χ3n) is 3.00. The molecular weight excluding hydrogens is 204 g/mol. The molecule has 0 spiro atoms. The number of likely N-dealkylation sites (tertiary alicyclic amines) is 1. The standard InChI is InChI=1S/C11H20N4O/c1-9-8-15(2)6-3-10(9)14-7-11(16)13-5-4-12/h9-10,14H,3,5-8H2,1-2H3,(H,13,16). The van der Waals surface area contributed by atoms with E-state index in [0.717, 1.165) is 19.5 Å². The molecule has 5 heteroatoms. The van der Waals surface area contributed by atoms with Crippen LogP contribution in [0.2, 0.25) is 0 Å². The molecule has 0 aromatic heterocycles. The molecule has 2 unspecified atom stereocenters. The van der Waals surface area contributed by atoms with Crippen molar-refractivity contribution in [2.45, 2.75) is 19.4 Å². The van der Waals surface area contributed by atoms with Gasteiger partial charge in [-0.05, 0) is 25.9 Å². The van der Waals surface area contributed by atoms with E-state index in [-0.39, 0.29) is 12.5 Å². The highest BCUT2D eigenvalue weighted by Crippen LogP contribution is 2.14. The maximum atomic E-state index is 11.3. The lowest BCUT2D eigenvalue weighted by molar-refractivity contribution is -0.120. The number of nitrogens with one attached hydrogen (secondary N) is 2. The Morgan fingerprint density at radius 1 is 1.62 bits per heavy atom. The van der Waals surface area contributed by atoms with Gasteiger partial charge in [-0.1, -0.05) is 6.92 Å². The van der Waals surface area contributed by atoms with Crippen LogP contribution in [-0.2, 0) is 4.79 Å². The molecule has 0 aliphatic carbocycles. The van der Waals surface area contributed by atoms with Crippen LogP contribution in [0, 0.1) is 17.2 Å². The van der Waals surface area contributed by atoms with Gasteiger partial charge >= 0.3 is 0 Å². The SMILES string of the molecule is CC1CN(C)CCC1NCC(=O)NCC#N. The van der Waals surface area contributed by atoms with Crippen LogP contribution in [0.5, 0.6) is 0 Å². The molecule has 16 heavy (non-hydrogen) atoms. The van der Waals surface area contributed by atoms with Crippen LogP contribution in [0.25, 0.3) is 0 Å². The van der Waals surface area contributed by atoms with Gasteiger partial charge in [-0.3, -0.25) is 4.79 Å². The second-order valence-electron chi connectivity index (χ2n) is 4.45. The molecule has 1 aliphatic heterocycles. The average molecular weight is 224 g/mol. The van der Waals surface area contributed by atoms with Crippen LogP contribution < -0.4 is 10.6 Å². The predicted molar refractivity (Wildman–Crippen MR) is 61.7 cm³/mol. The summed E-state index contributed by atoms with van der Waals surface area (Å²) in [6.45, 7) is 4.73. The fourth-order valence-electron chi connectivity index (χ4n) is 2.08. The van der Waals surface area contributed by atoms with Crippen molar-refractivity contribution < 1.29 is 4.79 Å². The summed E-state index contributed by atoms with van der Waals surface area (Å²) in [6, 6.07) is 2.29. The first kappa shape index (κ1) is 12.9. The lowest BCUT2D eigenvalue weighted by Crippen LogP contribution is -2.49. The molecule has 0 aromatic rings. The Kier molecular flexibility index (Phi) is 5.23.